The molecule has 3 N–H and O–H groups in total. The Bertz CT molecular complexity index is 1560. The summed E-state index contributed by atoms with van der Waals surface area (Å²) in [6.45, 7) is 1.54. The molecule has 0 bridgehead atoms. The van der Waals surface area contributed by atoms with E-state index in [-0.39, 0.29) is 17.8 Å². The minimum Gasteiger partial charge on any atom is -0.497 e. The van der Waals surface area contributed by atoms with Crippen molar-refractivity contribution in [1.82, 2.24) is 5.43 Å². The van der Waals surface area contributed by atoms with Crippen LogP contribution in [0.15, 0.2) is 64.1 Å². The second-order valence-corrected chi connectivity index (χ2v) is 8.18. The molecule has 0 unspecified atom stereocenters. The number of nitrogens with one attached hydrogen (secondary N) is 3. The number of para-hydroxylation sites is 1. The van der Waals surface area contributed by atoms with Crippen molar-refractivity contribution in [3.05, 3.63) is 54.6 Å². The number of ether oxygens (including phenoxy) is 3. The normalized spacial score (nSPS) is 11.2. The monoisotopic (exact) mass is 518 g/mol. The van der Waals surface area contributed by atoms with Gasteiger partial charge in [0.2, 0.25) is 5.91 Å². The van der Waals surface area contributed by atoms with Crippen LogP contribution in [0.3, 0.4) is 0 Å². The van der Waals surface area contributed by atoms with Gasteiger partial charge in [-0.1, -0.05) is 18.2 Å². The van der Waals surface area contributed by atoms with Crippen LogP contribution in [0.4, 0.5) is 11.4 Å². The van der Waals surface area contributed by atoms with E-state index in [0.717, 1.165) is 16.4 Å². The predicted octanol–water partition coefficient (Wildman–Crippen LogP) is 4.07. The molecule has 0 aliphatic heterocycles. The largest absolute Gasteiger partial charge is 0.497 e. The summed E-state index contributed by atoms with van der Waals surface area (Å²) in [5.41, 5.74) is 4.41. The van der Waals surface area contributed by atoms with E-state index in [9.17, 15) is 14.4 Å². The number of hydrazone groups is 1. The first-order valence-electron chi connectivity index (χ1n) is 11.5. The zero-order valence-electron chi connectivity index (χ0n) is 21.2. The smallest absolute Gasteiger partial charge is 0.329 e. The number of amides is 3. The summed E-state index contributed by atoms with van der Waals surface area (Å²) in [7, 11) is 4.41. The van der Waals surface area contributed by atoms with Gasteiger partial charge >= 0.3 is 11.8 Å². The van der Waals surface area contributed by atoms with Gasteiger partial charge in [0, 0.05) is 28.6 Å². The maximum atomic E-state index is 12.7. The van der Waals surface area contributed by atoms with Gasteiger partial charge < -0.3 is 29.3 Å². The third-order valence-electron chi connectivity index (χ3n) is 5.60. The van der Waals surface area contributed by atoms with Crippen molar-refractivity contribution in [2.75, 3.05) is 32.0 Å². The summed E-state index contributed by atoms with van der Waals surface area (Å²) in [4.78, 5) is 37.2. The molecular weight excluding hydrogens is 492 g/mol. The first kappa shape index (κ1) is 26.0. The van der Waals surface area contributed by atoms with E-state index in [1.807, 2.05) is 24.3 Å². The Balaban J connectivity index is 1.38. The highest BCUT2D eigenvalue weighted by molar-refractivity contribution is 6.39. The highest BCUT2D eigenvalue weighted by Gasteiger charge is 2.17. The van der Waals surface area contributed by atoms with Crippen LogP contribution in [0, 0.1) is 0 Å². The van der Waals surface area contributed by atoms with E-state index in [2.05, 4.69) is 21.2 Å². The SMILES string of the molecule is COc1ccc(OC)c(NC(=O)C(=O)N/N=C(/C)CC(=O)Nc2cc3oc4ccccc4c3cc2OC)c1. The van der Waals surface area contributed by atoms with Crippen molar-refractivity contribution in [2.24, 2.45) is 5.10 Å². The number of anilines is 2. The van der Waals surface area contributed by atoms with Crippen molar-refractivity contribution in [2.45, 2.75) is 13.3 Å². The predicted molar refractivity (Wildman–Crippen MR) is 143 cm³/mol. The number of hydrogen-bond donors (Lipinski definition) is 3. The molecule has 0 atom stereocenters. The van der Waals surface area contributed by atoms with Gasteiger partial charge in [-0.15, -0.1) is 0 Å². The maximum Gasteiger partial charge on any atom is 0.329 e. The average molecular weight is 519 g/mol. The number of carbonyl (C=O) groups excluding carboxylic acids is 3. The Morgan fingerprint density at radius 1 is 0.789 bits per heavy atom. The Labute approximate surface area is 217 Å². The van der Waals surface area contributed by atoms with E-state index in [0.29, 0.717) is 28.5 Å². The van der Waals surface area contributed by atoms with Crippen LogP contribution in [0.2, 0.25) is 0 Å². The van der Waals surface area contributed by atoms with Gasteiger partial charge in [0.1, 0.15) is 28.4 Å². The van der Waals surface area contributed by atoms with Gasteiger partial charge in [0.25, 0.3) is 0 Å². The molecule has 11 nitrogen and oxygen atoms in total. The molecule has 3 aromatic carbocycles. The van der Waals surface area contributed by atoms with Gasteiger partial charge in [-0.3, -0.25) is 14.4 Å². The highest BCUT2D eigenvalue weighted by Crippen LogP contribution is 2.36. The summed E-state index contributed by atoms with van der Waals surface area (Å²) < 4.78 is 21.6. The molecule has 196 valence electrons. The Kier molecular flexibility index (Phi) is 7.76. The van der Waals surface area contributed by atoms with Crippen LogP contribution in [0.5, 0.6) is 17.2 Å². The second kappa shape index (κ2) is 11.3. The number of hydrogen-bond acceptors (Lipinski definition) is 8. The Hall–Kier alpha value is -5.06. The molecule has 0 spiro atoms. The quantitative estimate of drug-likeness (QED) is 0.181. The minimum absolute atomic E-state index is 0.146. The Morgan fingerprint density at radius 2 is 1.53 bits per heavy atom. The van der Waals surface area contributed by atoms with Gasteiger partial charge in [0.05, 0.1) is 39.1 Å². The van der Waals surface area contributed by atoms with E-state index in [1.165, 1.54) is 27.4 Å². The first-order valence-corrected chi connectivity index (χ1v) is 11.5. The standard InChI is InChI=1S/C27H26N4O7/c1-15(30-31-27(34)26(33)29-19-12-16(35-2)9-10-22(19)36-3)11-25(32)28-20-14-23-18(13-24(20)37-4)17-7-5-6-8-21(17)38-23/h5-10,12-14H,11H2,1-4H3,(H,28,32)(H,29,33)(H,31,34)/b30-15-. The lowest BCUT2D eigenvalue weighted by Crippen LogP contribution is -2.33. The van der Waals surface area contributed by atoms with Gasteiger partial charge in [-0.2, -0.15) is 5.10 Å². The molecule has 1 aromatic heterocycles. The van der Waals surface area contributed by atoms with Crippen LogP contribution in [0.25, 0.3) is 21.9 Å². The fraction of sp³-hybridized carbons (Fsp3) is 0.185. The first-order chi connectivity index (χ1) is 18.3. The summed E-state index contributed by atoms with van der Waals surface area (Å²) in [6, 6.07) is 15.9. The molecule has 0 radical (unpaired) electrons. The molecular formula is C27H26N4O7. The molecule has 38 heavy (non-hydrogen) atoms. The third kappa shape index (κ3) is 5.67. The van der Waals surface area contributed by atoms with Crippen LogP contribution in [-0.4, -0.2) is 44.8 Å². The molecule has 4 aromatic rings. The molecule has 0 saturated carbocycles. The van der Waals surface area contributed by atoms with Crippen molar-refractivity contribution >= 4 is 56.7 Å². The van der Waals surface area contributed by atoms with Gasteiger partial charge in [-0.25, -0.2) is 5.43 Å². The maximum absolute atomic E-state index is 12.7. The van der Waals surface area contributed by atoms with Gasteiger partial charge in [-0.05, 0) is 31.2 Å². The molecule has 11 heteroatoms. The molecule has 4 rings (SSSR count). The van der Waals surface area contributed by atoms with E-state index in [4.69, 9.17) is 18.6 Å². The molecule has 1 heterocycles. The lowest BCUT2D eigenvalue weighted by atomic mass is 10.1. The number of rotatable bonds is 8. The van der Waals surface area contributed by atoms with E-state index >= 15 is 0 Å². The van der Waals surface area contributed by atoms with E-state index in [1.54, 1.807) is 31.2 Å². The number of fused-ring (bicyclic) bond motifs is 3. The third-order valence-corrected chi connectivity index (χ3v) is 5.60. The van der Waals surface area contributed by atoms with Crippen molar-refractivity contribution in [1.29, 1.82) is 0 Å². The molecule has 0 aliphatic carbocycles. The van der Waals surface area contributed by atoms with Crippen LogP contribution in [-0.2, 0) is 14.4 Å². The highest BCUT2D eigenvalue weighted by atomic mass is 16.5. The summed E-state index contributed by atoms with van der Waals surface area (Å²) in [5.74, 6) is -1.12. The fourth-order valence-corrected chi connectivity index (χ4v) is 3.77. The molecule has 0 aliphatic rings. The van der Waals surface area contributed by atoms with Crippen molar-refractivity contribution in [3.8, 4) is 17.2 Å². The molecule has 0 saturated heterocycles. The minimum atomic E-state index is -1.02. The summed E-state index contributed by atoms with van der Waals surface area (Å²) in [6.07, 6.45) is -0.146. The van der Waals surface area contributed by atoms with Crippen LogP contribution < -0.4 is 30.3 Å². The lowest BCUT2D eigenvalue weighted by molar-refractivity contribution is -0.136. The summed E-state index contributed by atoms with van der Waals surface area (Å²) in [5, 5.41) is 10.9. The lowest BCUT2D eigenvalue weighted by Gasteiger charge is -2.11. The fourth-order valence-electron chi connectivity index (χ4n) is 3.77. The number of furan rings is 1. The zero-order valence-corrected chi connectivity index (χ0v) is 21.2. The second-order valence-electron chi connectivity index (χ2n) is 8.18. The number of nitrogens with zero attached hydrogens (tertiary/aromatic N) is 1. The number of methoxy groups -OCH3 is 3. The zero-order chi connectivity index (χ0) is 27.2. The van der Waals surface area contributed by atoms with Gasteiger partial charge in [0.15, 0.2) is 0 Å². The van der Waals surface area contributed by atoms with Crippen molar-refractivity contribution in [3.63, 3.8) is 0 Å². The van der Waals surface area contributed by atoms with Crippen molar-refractivity contribution < 1.29 is 33.0 Å². The Morgan fingerprint density at radius 3 is 2.26 bits per heavy atom. The summed E-state index contributed by atoms with van der Waals surface area (Å²) >= 11 is 0. The number of benzene rings is 3. The number of carbonyl (C=O) groups is 3. The van der Waals surface area contributed by atoms with Crippen LogP contribution in [0.1, 0.15) is 13.3 Å². The average Bonchev–Trinajstić information content (AvgIpc) is 3.28. The van der Waals surface area contributed by atoms with E-state index < -0.39 is 17.7 Å². The molecule has 0 fully saturated rings. The topological polar surface area (TPSA) is 140 Å². The molecule has 3 amide bonds. The van der Waals surface area contributed by atoms with Crippen LogP contribution >= 0.6 is 0 Å².